The average molecular weight is 317 g/mol. The number of carbonyl (C=O) groups is 2. The van der Waals surface area contributed by atoms with Crippen molar-refractivity contribution in [3.63, 3.8) is 0 Å². The van der Waals surface area contributed by atoms with Gasteiger partial charge in [-0.2, -0.15) is 0 Å². The van der Waals surface area contributed by atoms with Gasteiger partial charge in [-0.3, -0.25) is 14.6 Å². The molecule has 0 aliphatic rings. The van der Waals surface area contributed by atoms with Crippen molar-refractivity contribution in [3.8, 4) is 0 Å². The second-order valence-corrected chi connectivity index (χ2v) is 6.36. The zero-order valence-electron chi connectivity index (χ0n) is 13.6. The first-order chi connectivity index (χ1) is 9.92. The standard InChI is InChI=1S/C14H26N2O6/c1-8(2)6-9(16-13(21)22-14(3,4)5)11(19)12(20)15-7-10(17)18/h8-9,11,19H,6-7H2,1-5H3,(H,15,20)(H,16,21)(H,17,18)/p-1/t9-,11?/m0/s1. The van der Waals surface area contributed by atoms with Crippen LogP contribution in [0.25, 0.3) is 0 Å². The summed E-state index contributed by atoms with van der Waals surface area (Å²) in [7, 11) is 0. The van der Waals surface area contributed by atoms with Gasteiger partial charge in [-0.05, 0) is 12.3 Å². The lowest BCUT2D eigenvalue weighted by molar-refractivity contribution is -0.261. The Morgan fingerprint density at radius 1 is 1.32 bits per heavy atom. The van der Waals surface area contributed by atoms with Crippen LogP contribution in [0.2, 0.25) is 0 Å². The summed E-state index contributed by atoms with van der Waals surface area (Å²) in [6.07, 6.45) is -2.21. The summed E-state index contributed by atoms with van der Waals surface area (Å²) in [5.41, 5.74) is -0.737. The molecule has 0 radical (unpaired) electrons. The molecule has 0 aliphatic carbocycles. The number of aliphatic hydroxyl groups excluding tert-OH is 1. The fourth-order valence-electron chi connectivity index (χ4n) is 1.60. The van der Waals surface area contributed by atoms with E-state index in [2.05, 4.69) is 10.3 Å². The van der Waals surface area contributed by atoms with E-state index >= 15 is 0 Å². The van der Waals surface area contributed by atoms with Gasteiger partial charge >= 0.3 is 5.97 Å². The average Bonchev–Trinajstić information content (AvgIpc) is 2.31. The molecule has 0 saturated heterocycles. The highest BCUT2D eigenvalue weighted by Crippen LogP contribution is 2.14. The van der Waals surface area contributed by atoms with Crippen LogP contribution >= 0.6 is 0 Å². The van der Waals surface area contributed by atoms with Crippen LogP contribution in [-0.4, -0.2) is 52.5 Å². The quantitative estimate of drug-likeness (QED) is 0.428. The van der Waals surface area contributed by atoms with Gasteiger partial charge in [0.25, 0.3) is 5.91 Å². The first-order valence-corrected chi connectivity index (χ1v) is 7.03. The number of carboxylic acids is 1. The van der Waals surface area contributed by atoms with Crippen molar-refractivity contribution >= 4 is 18.0 Å². The number of carboxylic acid groups (broad SMARTS) is 1. The Morgan fingerprint density at radius 2 is 1.86 bits per heavy atom. The van der Waals surface area contributed by atoms with Crippen molar-refractivity contribution in [1.29, 1.82) is 0 Å². The molecule has 22 heavy (non-hydrogen) atoms. The van der Waals surface area contributed by atoms with E-state index in [-0.39, 0.29) is 12.3 Å². The molecule has 128 valence electrons. The maximum Gasteiger partial charge on any atom is 0.322 e. The summed E-state index contributed by atoms with van der Waals surface area (Å²) in [5.74, 6) is -2.05. The topological polar surface area (TPSA) is 131 Å². The van der Waals surface area contributed by atoms with Crippen LogP contribution in [0.3, 0.4) is 0 Å². The zero-order valence-corrected chi connectivity index (χ0v) is 13.6. The summed E-state index contributed by atoms with van der Waals surface area (Å²) in [4.78, 5) is 25.8. The number of nitrogens with zero attached hydrogens (tertiary/aromatic N) is 1. The molecular weight excluding hydrogens is 292 g/mol. The molecule has 0 heterocycles. The molecule has 8 nitrogen and oxygen atoms in total. The van der Waals surface area contributed by atoms with Crippen molar-refractivity contribution < 1.29 is 29.6 Å². The summed E-state index contributed by atoms with van der Waals surface area (Å²) in [6, 6.07) is -0.997. The Balaban J connectivity index is 4.99. The Morgan fingerprint density at radius 3 is 2.27 bits per heavy atom. The molecule has 8 heteroatoms. The summed E-state index contributed by atoms with van der Waals surface area (Å²) < 4.78 is 5.04. The lowest BCUT2D eigenvalue weighted by atomic mass is 9.99. The van der Waals surface area contributed by atoms with E-state index in [9.17, 15) is 19.8 Å². The molecule has 2 atom stereocenters. The van der Waals surface area contributed by atoms with Crippen molar-refractivity contribution in [2.75, 3.05) is 6.54 Å². The van der Waals surface area contributed by atoms with Crippen LogP contribution in [0, 0.1) is 5.92 Å². The van der Waals surface area contributed by atoms with Crippen LogP contribution in [0.1, 0.15) is 41.0 Å². The fraction of sp³-hybridized carbons (Fsp3) is 0.786. The first kappa shape index (κ1) is 20.2. The number of amides is 1. The third-order valence-electron chi connectivity index (χ3n) is 2.42. The lowest BCUT2D eigenvalue weighted by Crippen LogP contribution is -2.45. The first-order valence-electron chi connectivity index (χ1n) is 7.03. The van der Waals surface area contributed by atoms with E-state index in [0.717, 1.165) is 0 Å². The van der Waals surface area contributed by atoms with Gasteiger partial charge in [0.05, 0.1) is 6.04 Å². The second kappa shape index (κ2) is 8.57. The molecule has 0 aromatic carbocycles. The van der Waals surface area contributed by atoms with Crippen LogP contribution in [-0.2, 0) is 14.3 Å². The van der Waals surface area contributed by atoms with E-state index < -0.39 is 42.3 Å². The van der Waals surface area contributed by atoms with Crippen molar-refractivity contribution in [3.05, 3.63) is 0 Å². The minimum atomic E-state index is -1.62. The van der Waals surface area contributed by atoms with Crippen molar-refractivity contribution in [2.24, 2.45) is 10.9 Å². The molecule has 1 unspecified atom stereocenters. The molecule has 1 amide bonds. The highest BCUT2D eigenvalue weighted by molar-refractivity contribution is 5.85. The van der Waals surface area contributed by atoms with Gasteiger partial charge in [-0.15, -0.1) is 0 Å². The predicted octanol–water partition coefficient (Wildman–Crippen LogP) is -0.506. The van der Waals surface area contributed by atoms with Crippen LogP contribution in [0.15, 0.2) is 4.99 Å². The molecule has 0 fully saturated rings. The smallest absolute Gasteiger partial charge is 0.322 e. The van der Waals surface area contributed by atoms with E-state index in [4.69, 9.17) is 9.84 Å². The Hall–Kier alpha value is -1.83. The third kappa shape index (κ3) is 9.17. The number of nitrogens with one attached hydrogen (secondary N) is 1. The van der Waals surface area contributed by atoms with Crippen molar-refractivity contribution in [1.82, 2.24) is 5.32 Å². The van der Waals surface area contributed by atoms with Gasteiger partial charge in [0.2, 0.25) is 0 Å². The van der Waals surface area contributed by atoms with Gasteiger partial charge in [0, 0.05) is 5.60 Å². The lowest BCUT2D eigenvalue weighted by Gasteiger charge is -2.31. The number of hydrogen-bond acceptors (Lipinski definition) is 6. The van der Waals surface area contributed by atoms with E-state index in [1.807, 2.05) is 13.8 Å². The molecular formula is C14H25N2O6-. The van der Waals surface area contributed by atoms with Crippen LogP contribution < -0.4 is 10.4 Å². The highest BCUT2D eigenvalue weighted by Gasteiger charge is 2.27. The van der Waals surface area contributed by atoms with Crippen LogP contribution in [0.5, 0.6) is 0 Å². The number of rotatable bonds is 7. The fourth-order valence-corrected chi connectivity index (χ4v) is 1.60. The second-order valence-electron chi connectivity index (χ2n) is 6.36. The predicted molar refractivity (Wildman–Crippen MR) is 78.2 cm³/mol. The number of aliphatic imine (C=N–C) groups is 1. The Bertz CT molecular complexity index is 414. The third-order valence-corrected chi connectivity index (χ3v) is 2.42. The molecule has 0 bridgehead atoms. The monoisotopic (exact) mass is 317 g/mol. The molecule has 0 aromatic rings. The zero-order chi connectivity index (χ0) is 17.5. The van der Waals surface area contributed by atoms with Crippen LogP contribution in [0.4, 0.5) is 0 Å². The summed E-state index contributed by atoms with van der Waals surface area (Å²) >= 11 is 0. The SMILES string of the molecule is CC(C)C[C@H](N=C([O-])OC(C)(C)C)C(O)C(=O)NCC(=O)O. The van der Waals surface area contributed by atoms with Gasteiger partial charge in [0.1, 0.15) is 12.6 Å². The maximum absolute atomic E-state index is 11.7. The molecule has 0 spiro atoms. The number of aliphatic hydroxyl groups is 1. The largest absolute Gasteiger partial charge is 0.595 e. The van der Waals surface area contributed by atoms with E-state index in [0.29, 0.717) is 0 Å². The maximum atomic E-state index is 11.7. The van der Waals surface area contributed by atoms with E-state index in [1.165, 1.54) is 0 Å². The normalized spacial score (nSPS) is 15.3. The van der Waals surface area contributed by atoms with E-state index in [1.54, 1.807) is 20.8 Å². The van der Waals surface area contributed by atoms with Gasteiger partial charge in [0.15, 0.2) is 6.10 Å². The summed E-state index contributed by atoms with van der Waals surface area (Å²) in [5, 5.41) is 32.3. The molecule has 0 saturated carbocycles. The number of carbonyl (C=O) groups excluding carboxylic acids is 1. The molecule has 0 aromatic heterocycles. The Labute approximate surface area is 130 Å². The van der Waals surface area contributed by atoms with Crippen molar-refractivity contribution in [2.45, 2.75) is 58.8 Å². The van der Waals surface area contributed by atoms with Gasteiger partial charge < -0.3 is 25.4 Å². The summed E-state index contributed by atoms with van der Waals surface area (Å²) in [6.45, 7) is 8.10. The number of ether oxygens (including phenoxy) is 1. The molecule has 0 rings (SSSR count). The van der Waals surface area contributed by atoms with Gasteiger partial charge in [-0.25, -0.2) is 0 Å². The number of aliphatic carboxylic acids is 1. The minimum Gasteiger partial charge on any atom is -0.595 e. The number of hydrogen-bond donors (Lipinski definition) is 3. The Kier molecular flexibility index (Phi) is 7.86. The molecule has 0 aliphatic heterocycles. The highest BCUT2D eigenvalue weighted by atomic mass is 16.6. The minimum absolute atomic E-state index is 0.0677. The van der Waals surface area contributed by atoms with Gasteiger partial charge in [-0.1, -0.05) is 34.6 Å². The molecule has 3 N–H and O–H groups in total.